The van der Waals surface area contributed by atoms with Gasteiger partial charge in [-0.2, -0.15) is 5.10 Å². The summed E-state index contributed by atoms with van der Waals surface area (Å²) in [4.78, 5) is 27.2. The molecule has 2 aromatic carbocycles. The molecule has 3 aromatic rings. The third-order valence-corrected chi connectivity index (χ3v) is 4.46. The molecular formula is C19H16Cl2N4O2. The molecular weight excluding hydrogens is 387 g/mol. The number of carbonyl (C=O) groups excluding carboxylic acids is 2. The molecule has 1 heterocycles. The molecule has 3 rings (SSSR count). The van der Waals surface area contributed by atoms with E-state index in [-0.39, 0.29) is 17.1 Å². The maximum absolute atomic E-state index is 12.1. The first-order chi connectivity index (χ1) is 13.0. The van der Waals surface area contributed by atoms with E-state index in [0.717, 1.165) is 22.2 Å². The van der Waals surface area contributed by atoms with Crippen molar-refractivity contribution in [2.75, 3.05) is 6.54 Å². The second-order valence-electron chi connectivity index (χ2n) is 5.81. The molecule has 0 fully saturated rings. The first-order valence-corrected chi connectivity index (χ1v) is 8.84. The lowest BCUT2D eigenvalue weighted by Gasteiger charge is -2.06. The highest BCUT2D eigenvalue weighted by atomic mass is 35.5. The second kappa shape index (κ2) is 8.24. The molecule has 0 spiro atoms. The number of aromatic amines is 1. The minimum Gasteiger partial charge on any atom is -0.358 e. The number of hydrogen-bond acceptors (Lipinski definition) is 3. The molecule has 0 radical (unpaired) electrons. The summed E-state index contributed by atoms with van der Waals surface area (Å²) >= 11 is 11.8. The topological polar surface area (TPSA) is 86.3 Å². The zero-order valence-electron chi connectivity index (χ0n) is 14.3. The number of H-pyrrole nitrogens is 1. The fourth-order valence-electron chi connectivity index (χ4n) is 2.60. The number of hydrogen-bond donors (Lipinski definition) is 3. The van der Waals surface area contributed by atoms with Gasteiger partial charge in [0.25, 0.3) is 11.8 Å². The monoisotopic (exact) mass is 402 g/mol. The quantitative estimate of drug-likeness (QED) is 0.449. The molecule has 0 unspecified atom stereocenters. The number of aromatic nitrogens is 1. The van der Waals surface area contributed by atoms with Gasteiger partial charge in [-0.25, -0.2) is 5.43 Å². The van der Waals surface area contributed by atoms with Crippen molar-refractivity contribution in [3.63, 3.8) is 0 Å². The minimum absolute atomic E-state index is 0.216. The highest BCUT2D eigenvalue weighted by Crippen LogP contribution is 2.21. The largest absolute Gasteiger partial charge is 0.358 e. The average Bonchev–Trinajstić information content (AvgIpc) is 2.95. The molecule has 0 saturated heterocycles. The standard InChI is InChI=1S/C19H16Cl2N4O2/c1-11-15(13-4-2-3-5-17(13)24-11)9-23-25-18(26)10-22-19(27)14-7-6-12(20)8-16(14)21/h2-9,24H,10H2,1H3,(H,22,27)(H,25,26)/b23-9+. The van der Waals surface area contributed by atoms with Crippen molar-refractivity contribution in [3.05, 3.63) is 69.3 Å². The highest BCUT2D eigenvalue weighted by molar-refractivity contribution is 6.36. The van der Waals surface area contributed by atoms with Gasteiger partial charge in [-0.05, 0) is 31.2 Å². The first-order valence-electron chi connectivity index (χ1n) is 8.08. The fourth-order valence-corrected chi connectivity index (χ4v) is 3.10. The normalized spacial score (nSPS) is 11.1. The lowest BCUT2D eigenvalue weighted by atomic mass is 10.1. The van der Waals surface area contributed by atoms with Crippen LogP contribution in [0.15, 0.2) is 47.6 Å². The Kier molecular flexibility index (Phi) is 5.78. The molecule has 8 heteroatoms. The maximum atomic E-state index is 12.1. The summed E-state index contributed by atoms with van der Waals surface area (Å²) in [7, 11) is 0. The smallest absolute Gasteiger partial charge is 0.259 e. The summed E-state index contributed by atoms with van der Waals surface area (Å²) in [6.07, 6.45) is 1.57. The number of hydrazone groups is 1. The lowest BCUT2D eigenvalue weighted by Crippen LogP contribution is -2.35. The number of rotatable bonds is 5. The van der Waals surface area contributed by atoms with Crippen molar-refractivity contribution in [2.24, 2.45) is 5.10 Å². The van der Waals surface area contributed by atoms with Crippen LogP contribution in [0.4, 0.5) is 0 Å². The predicted molar refractivity (Wildman–Crippen MR) is 108 cm³/mol. The van der Waals surface area contributed by atoms with Crippen LogP contribution >= 0.6 is 23.2 Å². The molecule has 1 aromatic heterocycles. The Bertz CT molecular complexity index is 1040. The van der Waals surface area contributed by atoms with Crippen LogP contribution in [0.3, 0.4) is 0 Å². The van der Waals surface area contributed by atoms with Crippen LogP contribution in [0.2, 0.25) is 10.0 Å². The van der Waals surface area contributed by atoms with Crippen LogP contribution in [-0.2, 0) is 4.79 Å². The SMILES string of the molecule is Cc1[nH]c2ccccc2c1/C=N/NC(=O)CNC(=O)c1ccc(Cl)cc1Cl. The number of aryl methyl sites for hydroxylation is 1. The number of amides is 2. The molecule has 27 heavy (non-hydrogen) atoms. The number of fused-ring (bicyclic) bond motifs is 1. The summed E-state index contributed by atoms with van der Waals surface area (Å²) in [6, 6.07) is 12.3. The molecule has 2 amide bonds. The van der Waals surface area contributed by atoms with Gasteiger partial charge in [0.15, 0.2) is 0 Å². The molecule has 0 atom stereocenters. The first kappa shape index (κ1) is 18.9. The van der Waals surface area contributed by atoms with Gasteiger partial charge in [0, 0.05) is 27.2 Å². The summed E-state index contributed by atoms with van der Waals surface area (Å²) in [6.45, 7) is 1.70. The van der Waals surface area contributed by atoms with Crippen molar-refractivity contribution >= 4 is 52.1 Å². The van der Waals surface area contributed by atoms with Crippen LogP contribution in [-0.4, -0.2) is 29.6 Å². The van der Waals surface area contributed by atoms with E-state index in [4.69, 9.17) is 23.2 Å². The van der Waals surface area contributed by atoms with Crippen LogP contribution in [0.1, 0.15) is 21.6 Å². The molecule has 0 aliphatic heterocycles. The predicted octanol–water partition coefficient (Wildman–Crippen LogP) is 3.66. The van der Waals surface area contributed by atoms with Gasteiger partial charge in [0.2, 0.25) is 0 Å². The average molecular weight is 403 g/mol. The Hall–Kier alpha value is -2.83. The molecule has 6 nitrogen and oxygen atoms in total. The summed E-state index contributed by atoms with van der Waals surface area (Å²) in [5, 5.41) is 8.11. The van der Waals surface area contributed by atoms with E-state index in [2.05, 4.69) is 20.8 Å². The number of benzene rings is 2. The van der Waals surface area contributed by atoms with Gasteiger partial charge >= 0.3 is 0 Å². The molecule has 0 aliphatic rings. The summed E-state index contributed by atoms with van der Waals surface area (Å²) < 4.78 is 0. The van der Waals surface area contributed by atoms with E-state index in [1.54, 1.807) is 12.3 Å². The van der Waals surface area contributed by atoms with Gasteiger partial charge < -0.3 is 10.3 Å². The minimum atomic E-state index is -0.469. The van der Waals surface area contributed by atoms with Crippen molar-refractivity contribution in [1.82, 2.24) is 15.7 Å². The summed E-state index contributed by atoms with van der Waals surface area (Å²) in [5.74, 6) is -0.926. The van der Waals surface area contributed by atoms with E-state index in [1.807, 2.05) is 31.2 Å². The molecule has 0 saturated carbocycles. The van der Waals surface area contributed by atoms with Crippen LogP contribution < -0.4 is 10.7 Å². The van der Waals surface area contributed by atoms with E-state index in [9.17, 15) is 9.59 Å². The third kappa shape index (κ3) is 4.48. The second-order valence-corrected chi connectivity index (χ2v) is 6.65. The maximum Gasteiger partial charge on any atom is 0.259 e. The number of nitrogens with one attached hydrogen (secondary N) is 3. The zero-order valence-corrected chi connectivity index (χ0v) is 15.9. The van der Waals surface area contributed by atoms with Crippen molar-refractivity contribution in [3.8, 4) is 0 Å². The van der Waals surface area contributed by atoms with E-state index >= 15 is 0 Å². The van der Waals surface area contributed by atoms with Crippen molar-refractivity contribution in [2.45, 2.75) is 6.92 Å². The van der Waals surface area contributed by atoms with Crippen molar-refractivity contribution < 1.29 is 9.59 Å². The Labute approximate surface area is 165 Å². The Balaban J connectivity index is 1.57. The molecule has 0 bridgehead atoms. The van der Waals surface area contributed by atoms with Gasteiger partial charge in [0.05, 0.1) is 23.3 Å². The van der Waals surface area contributed by atoms with Gasteiger partial charge in [-0.15, -0.1) is 0 Å². The third-order valence-electron chi connectivity index (χ3n) is 3.91. The fraction of sp³-hybridized carbons (Fsp3) is 0.105. The van der Waals surface area contributed by atoms with E-state index < -0.39 is 11.8 Å². The lowest BCUT2D eigenvalue weighted by molar-refractivity contribution is -0.120. The summed E-state index contributed by atoms with van der Waals surface area (Å²) in [5.41, 5.74) is 5.46. The highest BCUT2D eigenvalue weighted by Gasteiger charge is 2.12. The molecule has 138 valence electrons. The van der Waals surface area contributed by atoms with E-state index in [0.29, 0.717) is 5.02 Å². The molecule has 3 N–H and O–H groups in total. The van der Waals surface area contributed by atoms with Crippen LogP contribution in [0.25, 0.3) is 10.9 Å². The Morgan fingerprint density at radius 3 is 2.74 bits per heavy atom. The van der Waals surface area contributed by atoms with Gasteiger partial charge in [-0.3, -0.25) is 9.59 Å². The van der Waals surface area contributed by atoms with Crippen LogP contribution in [0, 0.1) is 6.92 Å². The van der Waals surface area contributed by atoms with Gasteiger partial charge in [0.1, 0.15) is 0 Å². The Morgan fingerprint density at radius 1 is 1.19 bits per heavy atom. The van der Waals surface area contributed by atoms with E-state index in [1.165, 1.54) is 12.1 Å². The Morgan fingerprint density at radius 2 is 1.96 bits per heavy atom. The van der Waals surface area contributed by atoms with Crippen LogP contribution in [0.5, 0.6) is 0 Å². The number of para-hydroxylation sites is 1. The van der Waals surface area contributed by atoms with Crippen molar-refractivity contribution in [1.29, 1.82) is 0 Å². The number of halogens is 2. The number of nitrogens with zero attached hydrogens (tertiary/aromatic N) is 1. The number of carbonyl (C=O) groups is 2. The molecule has 0 aliphatic carbocycles. The zero-order chi connectivity index (χ0) is 19.4. The van der Waals surface area contributed by atoms with Gasteiger partial charge in [-0.1, -0.05) is 41.4 Å².